The minimum absolute atomic E-state index is 0.370. The lowest BCUT2D eigenvalue weighted by Gasteiger charge is -1.91. The second-order valence-corrected chi connectivity index (χ2v) is 2.27. The molecule has 0 amide bonds. The number of nitrogens with one attached hydrogen (secondary N) is 2. The van der Waals surface area contributed by atoms with Crippen LogP contribution in [0.1, 0.15) is 11.3 Å². The zero-order valence-electron chi connectivity index (χ0n) is 5.55. The molecule has 0 radical (unpaired) electrons. The molecule has 2 N–H and O–H groups in total. The summed E-state index contributed by atoms with van der Waals surface area (Å²) in [6.07, 6.45) is 1.46. The molecule has 0 saturated carbocycles. The van der Waals surface area contributed by atoms with Crippen molar-refractivity contribution in [2.45, 2.75) is 6.54 Å². The highest BCUT2D eigenvalue weighted by molar-refractivity contribution is 5.82. The van der Waals surface area contributed by atoms with Gasteiger partial charge in [-0.25, -0.2) is 4.79 Å². The Morgan fingerprint density at radius 1 is 1.36 bits per heavy atom. The predicted octanol–water partition coefficient (Wildman–Crippen LogP) is -1.00. The van der Waals surface area contributed by atoms with Crippen molar-refractivity contribution in [1.82, 2.24) is 9.97 Å². The highest BCUT2D eigenvalue weighted by atomic mass is 16.2. The molecule has 0 aromatic carbocycles. The number of aromatic nitrogens is 2. The summed E-state index contributed by atoms with van der Waals surface area (Å²) in [5.74, 6) is 0. The third kappa shape index (κ3) is 0.813. The molecule has 2 rings (SSSR count). The Hall–Kier alpha value is -1.65. The number of H-pyrrole nitrogens is 2. The first-order chi connectivity index (χ1) is 5.27. The molecule has 2 heterocycles. The maximum atomic E-state index is 11.0. The normalized spacial score (nSPS) is 13.5. The summed E-state index contributed by atoms with van der Waals surface area (Å²) in [5.41, 5.74) is 0.215. The topological polar surface area (TPSA) is 78.1 Å². The Labute approximate surface area is 60.8 Å². The van der Waals surface area contributed by atoms with Crippen molar-refractivity contribution < 1.29 is 0 Å². The van der Waals surface area contributed by atoms with E-state index in [1.54, 1.807) is 0 Å². The first-order valence-electron chi connectivity index (χ1n) is 3.12. The standard InChI is InChI=1S/C6H5N3O2/c10-5-3-1-7-2-4(3)8-6(11)9-5/h1H,2H2,(H2,8,9,10,11). The molecule has 0 aliphatic carbocycles. The quantitative estimate of drug-likeness (QED) is 0.498. The van der Waals surface area contributed by atoms with Gasteiger partial charge in [0.1, 0.15) is 0 Å². The van der Waals surface area contributed by atoms with Gasteiger partial charge in [0.2, 0.25) is 0 Å². The molecule has 5 nitrogen and oxygen atoms in total. The van der Waals surface area contributed by atoms with Gasteiger partial charge in [-0.3, -0.25) is 14.8 Å². The monoisotopic (exact) mass is 151 g/mol. The fourth-order valence-corrected chi connectivity index (χ4v) is 1.03. The van der Waals surface area contributed by atoms with Crippen molar-refractivity contribution in [3.05, 3.63) is 32.1 Å². The van der Waals surface area contributed by atoms with Gasteiger partial charge in [-0.05, 0) is 0 Å². The van der Waals surface area contributed by atoms with Crippen molar-refractivity contribution in [3.8, 4) is 0 Å². The molecule has 0 unspecified atom stereocenters. The Morgan fingerprint density at radius 3 is 3.00 bits per heavy atom. The predicted molar refractivity (Wildman–Crippen MR) is 39.0 cm³/mol. The molecule has 5 heteroatoms. The molecule has 1 aliphatic rings. The van der Waals surface area contributed by atoms with Gasteiger partial charge in [0.25, 0.3) is 5.56 Å². The molecule has 0 fully saturated rings. The SMILES string of the molecule is O=c1[nH]c2c(c(=O)[nH]1)C=NC2. The van der Waals surface area contributed by atoms with Gasteiger partial charge in [0.05, 0.1) is 17.8 Å². The van der Waals surface area contributed by atoms with E-state index in [2.05, 4.69) is 15.0 Å². The number of fused-ring (bicyclic) bond motifs is 1. The van der Waals surface area contributed by atoms with Crippen LogP contribution in [0.4, 0.5) is 0 Å². The van der Waals surface area contributed by atoms with Gasteiger partial charge in [0, 0.05) is 6.21 Å². The van der Waals surface area contributed by atoms with Crippen molar-refractivity contribution >= 4 is 6.21 Å². The van der Waals surface area contributed by atoms with Gasteiger partial charge < -0.3 is 4.98 Å². The average Bonchev–Trinajstić information content (AvgIpc) is 2.34. The summed E-state index contributed by atoms with van der Waals surface area (Å²) in [5, 5.41) is 0. The summed E-state index contributed by atoms with van der Waals surface area (Å²) in [6, 6.07) is 0. The largest absolute Gasteiger partial charge is 0.325 e. The van der Waals surface area contributed by atoms with E-state index in [9.17, 15) is 9.59 Å². The van der Waals surface area contributed by atoms with E-state index in [0.29, 0.717) is 17.8 Å². The number of nitrogens with zero attached hydrogens (tertiary/aromatic N) is 1. The Kier molecular flexibility index (Phi) is 1.06. The van der Waals surface area contributed by atoms with Crippen LogP contribution >= 0.6 is 0 Å². The van der Waals surface area contributed by atoms with E-state index >= 15 is 0 Å². The second kappa shape index (κ2) is 1.91. The number of hydrogen-bond donors (Lipinski definition) is 2. The fraction of sp³-hybridized carbons (Fsp3) is 0.167. The van der Waals surface area contributed by atoms with Crippen LogP contribution < -0.4 is 11.2 Å². The lowest BCUT2D eigenvalue weighted by Crippen LogP contribution is -2.26. The van der Waals surface area contributed by atoms with E-state index in [0.717, 1.165) is 0 Å². The van der Waals surface area contributed by atoms with Gasteiger partial charge in [0.15, 0.2) is 0 Å². The van der Waals surface area contributed by atoms with Gasteiger partial charge in [-0.1, -0.05) is 0 Å². The Balaban J connectivity index is 2.87. The molecular formula is C6H5N3O2. The summed E-state index contributed by atoms with van der Waals surface area (Å²) < 4.78 is 0. The van der Waals surface area contributed by atoms with Crippen LogP contribution in [0.15, 0.2) is 14.6 Å². The second-order valence-electron chi connectivity index (χ2n) is 2.27. The summed E-state index contributed by atoms with van der Waals surface area (Å²) in [7, 11) is 0. The van der Waals surface area contributed by atoms with E-state index in [1.807, 2.05) is 0 Å². The minimum atomic E-state index is -0.473. The number of aromatic amines is 2. The fourth-order valence-electron chi connectivity index (χ4n) is 1.03. The van der Waals surface area contributed by atoms with Gasteiger partial charge in [-0.15, -0.1) is 0 Å². The Morgan fingerprint density at radius 2 is 2.18 bits per heavy atom. The summed E-state index contributed by atoms with van der Waals surface area (Å²) in [4.78, 5) is 30.1. The molecule has 1 aliphatic heterocycles. The van der Waals surface area contributed by atoms with Crippen molar-refractivity contribution in [2.75, 3.05) is 0 Å². The highest BCUT2D eigenvalue weighted by Crippen LogP contribution is 2.02. The molecule has 56 valence electrons. The van der Waals surface area contributed by atoms with Crippen molar-refractivity contribution in [2.24, 2.45) is 4.99 Å². The van der Waals surface area contributed by atoms with Crippen LogP contribution in [-0.2, 0) is 6.54 Å². The van der Waals surface area contributed by atoms with E-state index in [4.69, 9.17) is 0 Å². The zero-order chi connectivity index (χ0) is 7.84. The maximum absolute atomic E-state index is 11.0. The molecule has 0 saturated heterocycles. The molecule has 1 aromatic heterocycles. The van der Waals surface area contributed by atoms with Crippen LogP contribution in [0.3, 0.4) is 0 Å². The first kappa shape index (κ1) is 6.09. The number of aliphatic imine (C=N–C) groups is 1. The summed E-state index contributed by atoms with van der Waals surface area (Å²) >= 11 is 0. The van der Waals surface area contributed by atoms with E-state index in [1.165, 1.54) is 6.21 Å². The molecule has 0 bridgehead atoms. The lowest BCUT2D eigenvalue weighted by atomic mass is 10.3. The average molecular weight is 151 g/mol. The number of hydrogen-bond acceptors (Lipinski definition) is 3. The van der Waals surface area contributed by atoms with Crippen LogP contribution in [0.2, 0.25) is 0 Å². The first-order valence-corrected chi connectivity index (χ1v) is 3.12. The lowest BCUT2D eigenvalue weighted by molar-refractivity contribution is 0.937. The molecular weight excluding hydrogens is 146 g/mol. The molecule has 1 aromatic rings. The minimum Gasteiger partial charge on any atom is -0.309 e. The molecule has 11 heavy (non-hydrogen) atoms. The zero-order valence-corrected chi connectivity index (χ0v) is 5.55. The van der Waals surface area contributed by atoms with Crippen LogP contribution in [0, 0.1) is 0 Å². The van der Waals surface area contributed by atoms with Crippen LogP contribution in [0.5, 0.6) is 0 Å². The summed E-state index contributed by atoms with van der Waals surface area (Å²) in [6.45, 7) is 0.397. The highest BCUT2D eigenvalue weighted by Gasteiger charge is 2.10. The smallest absolute Gasteiger partial charge is 0.309 e. The number of rotatable bonds is 0. The van der Waals surface area contributed by atoms with Gasteiger partial charge in [-0.2, -0.15) is 0 Å². The van der Waals surface area contributed by atoms with Crippen LogP contribution in [-0.4, -0.2) is 16.2 Å². The molecule has 0 spiro atoms. The third-order valence-electron chi connectivity index (χ3n) is 1.53. The van der Waals surface area contributed by atoms with E-state index in [-0.39, 0.29) is 5.56 Å². The Bertz CT molecular complexity index is 426. The molecule has 0 atom stereocenters. The van der Waals surface area contributed by atoms with E-state index < -0.39 is 5.69 Å². The maximum Gasteiger partial charge on any atom is 0.325 e. The third-order valence-corrected chi connectivity index (χ3v) is 1.53. The van der Waals surface area contributed by atoms with Crippen molar-refractivity contribution in [1.29, 1.82) is 0 Å². The van der Waals surface area contributed by atoms with Crippen LogP contribution in [0.25, 0.3) is 0 Å². The van der Waals surface area contributed by atoms with Crippen molar-refractivity contribution in [3.63, 3.8) is 0 Å². The van der Waals surface area contributed by atoms with Gasteiger partial charge >= 0.3 is 5.69 Å².